The van der Waals surface area contributed by atoms with E-state index >= 15 is 0 Å². The summed E-state index contributed by atoms with van der Waals surface area (Å²) in [4.78, 5) is 0. The summed E-state index contributed by atoms with van der Waals surface area (Å²) in [5, 5.41) is 0. The van der Waals surface area contributed by atoms with E-state index in [1.165, 1.54) is 6.42 Å². The highest BCUT2D eigenvalue weighted by Crippen LogP contribution is 2.37. The number of hydrogen-bond acceptors (Lipinski definition) is 3. The highest BCUT2D eigenvalue weighted by molar-refractivity contribution is 5.31. The molecule has 0 bridgehead atoms. The maximum atomic E-state index is 5.65. The van der Waals surface area contributed by atoms with E-state index in [1.54, 1.807) is 7.11 Å². The van der Waals surface area contributed by atoms with Crippen LogP contribution in [0.1, 0.15) is 6.42 Å². The van der Waals surface area contributed by atoms with Crippen molar-refractivity contribution in [2.45, 2.75) is 6.42 Å². The minimum Gasteiger partial charge on any atom is -0.497 e. The summed E-state index contributed by atoms with van der Waals surface area (Å²) in [5.41, 5.74) is 5.56. The number of ether oxygens (including phenoxy) is 2. The molecule has 0 aromatic heterocycles. The topological polar surface area (TPSA) is 44.5 Å². The molecule has 1 aliphatic rings. The summed E-state index contributed by atoms with van der Waals surface area (Å²) in [7, 11) is 1.66. The molecule has 2 unspecified atom stereocenters. The molecule has 1 fully saturated rings. The van der Waals surface area contributed by atoms with Crippen molar-refractivity contribution in [1.82, 2.24) is 0 Å². The standard InChI is InChI=1S/C12H17NO2/c1-14-11-2-4-12(5-3-11)15-8-10-6-9(10)7-13/h2-5,9-10H,6-8,13H2,1H3. The molecule has 0 aliphatic heterocycles. The molecule has 2 atom stereocenters. The highest BCUT2D eigenvalue weighted by Gasteiger charge is 2.36. The summed E-state index contributed by atoms with van der Waals surface area (Å²) in [6.45, 7) is 1.57. The number of nitrogens with two attached hydrogens (primary N) is 1. The Bertz CT molecular complexity index is 310. The molecule has 0 spiro atoms. The van der Waals surface area contributed by atoms with E-state index in [1.807, 2.05) is 24.3 Å². The first-order valence-electron chi connectivity index (χ1n) is 5.30. The van der Waals surface area contributed by atoms with Gasteiger partial charge in [-0.3, -0.25) is 0 Å². The normalized spacial score (nSPS) is 23.6. The lowest BCUT2D eigenvalue weighted by Crippen LogP contribution is -2.07. The second kappa shape index (κ2) is 4.53. The van der Waals surface area contributed by atoms with E-state index in [9.17, 15) is 0 Å². The van der Waals surface area contributed by atoms with Crippen molar-refractivity contribution >= 4 is 0 Å². The van der Waals surface area contributed by atoms with Crippen LogP contribution in [0.15, 0.2) is 24.3 Å². The second-order valence-electron chi connectivity index (χ2n) is 3.98. The Hall–Kier alpha value is -1.22. The van der Waals surface area contributed by atoms with E-state index in [0.29, 0.717) is 11.8 Å². The molecule has 2 N–H and O–H groups in total. The molecule has 2 rings (SSSR count). The highest BCUT2D eigenvalue weighted by atomic mass is 16.5. The molecule has 1 aromatic rings. The number of benzene rings is 1. The molecule has 0 radical (unpaired) electrons. The van der Waals surface area contributed by atoms with Crippen molar-refractivity contribution < 1.29 is 9.47 Å². The van der Waals surface area contributed by atoms with E-state index in [0.717, 1.165) is 24.7 Å². The Morgan fingerprint density at radius 2 is 1.87 bits per heavy atom. The largest absolute Gasteiger partial charge is 0.497 e. The Balaban J connectivity index is 1.79. The predicted octanol–water partition coefficient (Wildman–Crippen LogP) is 1.67. The Morgan fingerprint density at radius 1 is 1.20 bits per heavy atom. The van der Waals surface area contributed by atoms with Gasteiger partial charge < -0.3 is 15.2 Å². The first-order valence-corrected chi connectivity index (χ1v) is 5.30. The van der Waals surface area contributed by atoms with Crippen LogP contribution in [0, 0.1) is 11.8 Å². The minimum absolute atomic E-state index is 0.664. The summed E-state index contributed by atoms with van der Waals surface area (Å²) in [5.74, 6) is 3.10. The molecular weight excluding hydrogens is 190 g/mol. The van der Waals surface area contributed by atoms with E-state index in [-0.39, 0.29) is 0 Å². The van der Waals surface area contributed by atoms with E-state index in [4.69, 9.17) is 15.2 Å². The molecule has 15 heavy (non-hydrogen) atoms. The smallest absolute Gasteiger partial charge is 0.119 e. The van der Waals surface area contributed by atoms with Gasteiger partial charge in [-0.2, -0.15) is 0 Å². The van der Waals surface area contributed by atoms with Gasteiger partial charge in [-0.25, -0.2) is 0 Å². The van der Waals surface area contributed by atoms with Crippen LogP contribution in [-0.2, 0) is 0 Å². The summed E-state index contributed by atoms with van der Waals surface area (Å²) < 4.78 is 10.7. The fourth-order valence-corrected chi connectivity index (χ4v) is 1.68. The van der Waals surface area contributed by atoms with Crippen LogP contribution in [0.4, 0.5) is 0 Å². The van der Waals surface area contributed by atoms with Crippen LogP contribution in [0.3, 0.4) is 0 Å². The Labute approximate surface area is 90.2 Å². The molecule has 1 aliphatic carbocycles. The molecule has 1 saturated carbocycles. The van der Waals surface area contributed by atoms with Crippen LogP contribution >= 0.6 is 0 Å². The second-order valence-corrected chi connectivity index (χ2v) is 3.98. The van der Waals surface area contributed by atoms with Gasteiger partial charge in [0.05, 0.1) is 13.7 Å². The lowest BCUT2D eigenvalue weighted by molar-refractivity contribution is 0.291. The third-order valence-corrected chi connectivity index (χ3v) is 2.90. The molecule has 0 amide bonds. The number of rotatable bonds is 5. The van der Waals surface area contributed by atoms with Gasteiger partial charge in [-0.15, -0.1) is 0 Å². The van der Waals surface area contributed by atoms with Crippen LogP contribution in [0.5, 0.6) is 11.5 Å². The molecule has 3 nitrogen and oxygen atoms in total. The first-order chi connectivity index (χ1) is 7.33. The van der Waals surface area contributed by atoms with Crippen molar-refractivity contribution in [2.24, 2.45) is 17.6 Å². The van der Waals surface area contributed by atoms with Crippen molar-refractivity contribution in [1.29, 1.82) is 0 Å². The average Bonchev–Trinajstić information content (AvgIpc) is 3.06. The molecule has 3 heteroatoms. The summed E-state index contributed by atoms with van der Waals surface area (Å²) in [6, 6.07) is 7.67. The first kappa shape index (κ1) is 10.3. The SMILES string of the molecule is COc1ccc(OCC2CC2CN)cc1. The van der Waals surface area contributed by atoms with Gasteiger partial charge >= 0.3 is 0 Å². The zero-order valence-electron chi connectivity index (χ0n) is 8.98. The van der Waals surface area contributed by atoms with Gasteiger partial charge in [-0.05, 0) is 49.1 Å². The molecule has 0 saturated heterocycles. The van der Waals surface area contributed by atoms with Gasteiger partial charge in [0, 0.05) is 0 Å². The van der Waals surface area contributed by atoms with Crippen LogP contribution in [0.2, 0.25) is 0 Å². The summed E-state index contributed by atoms with van der Waals surface area (Å²) in [6.07, 6.45) is 1.21. The summed E-state index contributed by atoms with van der Waals surface area (Å²) >= 11 is 0. The van der Waals surface area contributed by atoms with Gasteiger partial charge in [0.1, 0.15) is 11.5 Å². The van der Waals surface area contributed by atoms with Crippen molar-refractivity contribution in [3.63, 3.8) is 0 Å². The van der Waals surface area contributed by atoms with Crippen LogP contribution in [-0.4, -0.2) is 20.3 Å². The van der Waals surface area contributed by atoms with Gasteiger partial charge in [0.25, 0.3) is 0 Å². The van der Waals surface area contributed by atoms with Gasteiger partial charge in [-0.1, -0.05) is 0 Å². The van der Waals surface area contributed by atoms with E-state index in [2.05, 4.69) is 0 Å². The Kier molecular flexibility index (Phi) is 3.11. The number of hydrogen-bond donors (Lipinski definition) is 1. The monoisotopic (exact) mass is 207 g/mol. The molecule has 0 heterocycles. The van der Waals surface area contributed by atoms with E-state index < -0.39 is 0 Å². The predicted molar refractivity (Wildman–Crippen MR) is 59.1 cm³/mol. The van der Waals surface area contributed by atoms with Crippen molar-refractivity contribution in [3.05, 3.63) is 24.3 Å². The molecule has 82 valence electrons. The van der Waals surface area contributed by atoms with Crippen LogP contribution < -0.4 is 15.2 Å². The Morgan fingerprint density at radius 3 is 2.40 bits per heavy atom. The van der Waals surface area contributed by atoms with Crippen molar-refractivity contribution in [3.8, 4) is 11.5 Å². The zero-order valence-corrected chi connectivity index (χ0v) is 8.98. The average molecular weight is 207 g/mol. The third kappa shape index (κ3) is 2.63. The van der Waals surface area contributed by atoms with Crippen LogP contribution in [0.25, 0.3) is 0 Å². The lowest BCUT2D eigenvalue weighted by atomic mass is 10.3. The van der Waals surface area contributed by atoms with Gasteiger partial charge in [0.15, 0.2) is 0 Å². The van der Waals surface area contributed by atoms with Crippen molar-refractivity contribution in [2.75, 3.05) is 20.3 Å². The quantitative estimate of drug-likeness (QED) is 0.798. The zero-order chi connectivity index (χ0) is 10.7. The fourth-order valence-electron chi connectivity index (χ4n) is 1.68. The fraction of sp³-hybridized carbons (Fsp3) is 0.500. The third-order valence-electron chi connectivity index (χ3n) is 2.90. The van der Waals surface area contributed by atoms with Gasteiger partial charge in [0.2, 0.25) is 0 Å². The maximum absolute atomic E-state index is 5.65. The maximum Gasteiger partial charge on any atom is 0.119 e. The minimum atomic E-state index is 0.664. The lowest BCUT2D eigenvalue weighted by Gasteiger charge is -2.06. The molecular formula is C12H17NO2. The molecule has 1 aromatic carbocycles. The number of methoxy groups -OCH3 is 1.